The minimum atomic E-state index is 0.0129. The van der Waals surface area contributed by atoms with Crippen LogP contribution in [0.5, 0.6) is 0 Å². The highest BCUT2D eigenvalue weighted by Crippen LogP contribution is 2.26. The number of amides is 1. The number of carbonyl (C=O) groups is 1. The maximum Gasteiger partial charge on any atom is 0.257 e. The first-order chi connectivity index (χ1) is 11.4. The molecule has 2 aromatic heterocycles. The summed E-state index contributed by atoms with van der Waals surface area (Å²) in [4.78, 5) is 29.2. The second-order valence-corrected chi connectivity index (χ2v) is 7.95. The van der Waals surface area contributed by atoms with Crippen LogP contribution in [0.3, 0.4) is 0 Å². The second-order valence-electron chi connectivity index (χ2n) is 7.09. The first-order valence-electron chi connectivity index (χ1n) is 8.15. The van der Waals surface area contributed by atoms with E-state index in [1.165, 1.54) is 11.3 Å². The molecular weight excluding hydrogens is 322 g/mol. The van der Waals surface area contributed by atoms with Gasteiger partial charge in [0.2, 0.25) is 0 Å². The molecule has 3 rings (SSSR count). The molecule has 1 aliphatic heterocycles. The molecule has 1 saturated heterocycles. The molecule has 24 heavy (non-hydrogen) atoms. The molecule has 3 heterocycles. The van der Waals surface area contributed by atoms with E-state index in [4.69, 9.17) is 4.98 Å². The third-order valence-electron chi connectivity index (χ3n) is 4.05. The maximum absolute atomic E-state index is 12.4. The van der Waals surface area contributed by atoms with E-state index in [1.54, 1.807) is 23.7 Å². The lowest BCUT2D eigenvalue weighted by atomic mass is 9.98. The van der Waals surface area contributed by atoms with Gasteiger partial charge in [0.15, 0.2) is 0 Å². The first kappa shape index (κ1) is 17.0. The summed E-state index contributed by atoms with van der Waals surface area (Å²) in [5.41, 5.74) is 1.78. The molecule has 2 aromatic rings. The zero-order valence-corrected chi connectivity index (χ0v) is 15.2. The molecule has 0 radical (unpaired) electrons. The molecule has 0 atom stereocenters. The highest BCUT2D eigenvalue weighted by Gasteiger charge is 2.24. The average Bonchev–Trinajstić information content (AvgIpc) is 3.05. The largest absolute Gasteiger partial charge is 0.336 e. The van der Waals surface area contributed by atoms with Crippen molar-refractivity contribution < 1.29 is 4.79 Å². The van der Waals surface area contributed by atoms with Gasteiger partial charge in [0.1, 0.15) is 6.33 Å². The first-order valence-corrected chi connectivity index (χ1v) is 9.03. The molecule has 0 saturated carbocycles. The predicted molar refractivity (Wildman–Crippen MR) is 94.0 cm³/mol. The van der Waals surface area contributed by atoms with E-state index in [9.17, 15) is 4.79 Å². The predicted octanol–water partition coefficient (Wildman–Crippen LogP) is 2.19. The Balaban J connectivity index is 1.54. The van der Waals surface area contributed by atoms with Crippen molar-refractivity contribution in [3.05, 3.63) is 40.4 Å². The Morgan fingerprint density at radius 1 is 1.17 bits per heavy atom. The van der Waals surface area contributed by atoms with Crippen molar-refractivity contribution in [2.45, 2.75) is 32.7 Å². The van der Waals surface area contributed by atoms with Gasteiger partial charge in [-0.3, -0.25) is 9.69 Å². The summed E-state index contributed by atoms with van der Waals surface area (Å²) in [6.07, 6.45) is 4.59. The number of aromatic nitrogens is 3. The lowest BCUT2D eigenvalue weighted by Gasteiger charge is -2.34. The molecule has 7 heteroatoms. The molecule has 0 aromatic carbocycles. The monoisotopic (exact) mass is 345 g/mol. The van der Waals surface area contributed by atoms with Crippen molar-refractivity contribution >= 4 is 17.2 Å². The SMILES string of the molecule is CC(C)(C)c1nc(CN2CCN(C(=O)c3cncnc3)CC2)cs1. The Morgan fingerprint density at radius 3 is 2.42 bits per heavy atom. The third-order valence-corrected chi connectivity index (χ3v) is 5.36. The van der Waals surface area contributed by atoms with Gasteiger partial charge in [-0.05, 0) is 0 Å². The number of thiazole rings is 1. The molecule has 0 spiro atoms. The molecule has 6 nitrogen and oxygen atoms in total. The summed E-state index contributed by atoms with van der Waals surface area (Å²) >= 11 is 1.73. The summed E-state index contributed by atoms with van der Waals surface area (Å²) in [5.74, 6) is 0.0129. The number of nitrogens with zero attached hydrogens (tertiary/aromatic N) is 5. The zero-order chi connectivity index (χ0) is 17.2. The standard InChI is InChI=1S/C17H23N5OS/c1-17(2,3)16-20-14(11-24-16)10-21-4-6-22(7-5-21)15(23)13-8-18-12-19-9-13/h8-9,11-12H,4-7,10H2,1-3H3. The van der Waals surface area contributed by atoms with Crippen LogP contribution >= 0.6 is 11.3 Å². The van der Waals surface area contributed by atoms with Crippen LogP contribution in [0.15, 0.2) is 24.1 Å². The summed E-state index contributed by atoms with van der Waals surface area (Å²) < 4.78 is 0. The fraction of sp³-hybridized carbons (Fsp3) is 0.529. The van der Waals surface area contributed by atoms with Crippen molar-refractivity contribution in [2.75, 3.05) is 26.2 Å². The van der Waals surface area contributed by atoms with E-state index in [0.717, 1.165) is 38.4 Å². The molecular formula is C17H23N5OS. The summed E-state index contributed by atoms with van der Waals surface area (Å²) in [6.45, 7) is 10.6. The van der Waals surface area contributed by atoms with Crippen molar-refractivity contribution in [3.8, 4) is 0 Å². The van der Waals surface area contributed by atoms with Crippen LogP contribution < -0.4 is 0 Å². The summed E-state index contributed by atoms with van der Waals surface area (Å²) in [6, 6.07) is 0. The number of hydrogen-bond acceptors (Lipinski definition) is 6. The van der Waals surface area contributed by atoms with E-state index in [0.29, 0.717) is 5.56 Å². The molecule has 0 bridgehead atoms. The van der Waals surface area contributed by atoms with Gasteiger partial charge in [-0.2, -0.15) is 0 Å². The fourth-order valence-corrected chi connectivity index (χ4v) is 3.55. The Labute approximate surface area is 146 Å². The van der Waals surface area contributed by atoms with Gasteiger partial charge in [0, 0.05) is 55.9 Å². The van der Waals surface area contributed by atoms with Gasteiger partial charge in [-0.1, -0.05) is 20.8 Å². The molecule has 0 unspecified atom stereocenters. The molecule has 1 amide bonds. The van der Waals surface area contributed by atoms with E-state index in [-0.39, 0.29) is 11.3 Å². The lowest BCUT2D eigenvalue weighted by Crippen LogP contribution is -2.48. The number of piperazine rings is 1. The van der Waals surface area contributed by atoms with Crippen LogP contribution in [0, 0.1) is 0 Å². The Hall–Kier alpha value is -1.86. The second kappa shape index (κ2) is 6.94. The highest BCUT2D eigenvalue weighted by molar-refractivity contribution is 7.09. The van der Waals surface area contributed by atoms with E-state index in [1.807, 2.05) is 4.90 Å². The van der Waals surface area contributed by atoms with Crippen molar-refractivity contribution in [1.82, 2.24) is 24.8 Å². The average molecular weight is 345 g/mol. The van der Waals surface area contributed by atoms with Gasteiger partial charge in [0.05, 0.1) is 16.3 Å². The minimum absolute atomic E-state index is 0.0129. The van der Waals surface area contributed by atoms with E-state index in [2.05, 4.69) is 41.0 Å². The summed E-state index contributed by atoms with van der Waals surface area (Å²) in [5, 5.41) is 3.33. The Morgan fingerprint density at radius 2 is 1.83 bits per heavy atom. The summed E-state index contributed by atoms with van der Waals surface area (Å²) in [7, 11) is 0. The van der Waals surface area contributed by atoms with Crippen molar-refractivity contribution in [3.63, 3.8) is 0 Å². The van der Waals surface area contributed by atoms with Gasteiger partial charge in [-0.15, -0.1) is 11.3 Å². The molecule has 0 aliphatic carbocycles. The van der Waals surface area contributed by atoms with Gasteiger partial charge in [0.25, 0.3) is 5.91 Å². The van der Waals surface area contributed by atoms with Crippen LogP contribution in [-0.4, -0.2) is 56.8 Å². The van der Waals surface area contributed by atoms with Crippen LogP contribution in [0.25, 0.3) is 0 Å². The number of rotatable bonds is 3. The molecule has 1 fully saturated rings. The van der Waals surface area contributed by atoms with Gasteiger partial charge in [-0.25, -0.2) is 15.0 Å². The molecule has 0 N–H and O–H groups in total. The van der Waals surface area contributed by atoms with Gasteiger partial charge < -0.3 is 4.90 Å². The lowest BCUT2D eigenvalue weighted by molar-refractivity contribution is 0.0626. The van der Waals surface area contributed by atoms with Crippen LogP contribution in [-0.2, 0) is 12.0 Å². The third kappa shape index (κ3) is 3.96. The van der Waals surface area contributed by atoms with E-state index >= 15 is 0 Å². The minimum Gasteiger partial charge on any atom is -0.336 e. The normalized spacial score (nSPS) is 16.4. The maximum atomic E-state index is 12.4. The zero-order valence-electron chi connectivity index (χ0n) is 14.4. The van der Waals surface area contributed by atoms with Crippen molar-refractivity contribution in [2.24, 2.45) is 0 Å². The van der Waals surface area contributed by atoms with Crippen LogP contribution in [0.4, 0.5) is 0 Å². The molecule has 1 aliphatic rings. The topological polar surface area (TPSA) is 62.2 Å². The number of carbonyl (C=O) groups excluding carboxylic acids is 1. The fourth-order valence-electron chi connectivity index (χ4n) is 2.65. The van der Waals surface area contributed by atoms with Crippen LogP contribution in [0.1, 0.15) is 41.8 Å². The van der Waals surface area contributed by atoms with Crippen LogP contribution in [0.2, 0.25) is 0 Å². The van der Waals surface area contributed by atoms with Gasteiger partial charge >= 0.3 is 0 Å². The van der Waals surface area contributed by atoms with Crippen molar-refractivity contribution in [1.29, 1.82) is 0 Å². The molecule has 128 valence electrons. The smallest absolute Gasteiger partial charge is 0.257 e. The highest BCUT2D eigenvalue weighted by atomic mass is 32.1. The van der Waals surface area contributed by atoms with E-state index < -0.39 is 0 Å². The number of hydrogen-bond donors (Lipinski definition) is 0. The Kier molecular flexibility index (Phi) is 4.91. The Bertz CT molecular complexity index is 687. The quantitative estimate of drug-likeness (QED) is 0.853.